The summed E-state index contributed by atoms with van der Waals surface area (Å²) in [6.45, 7) is 5.55. The van der Waals surface area contributed by atoms with Gasteiger partial charge in [0.25, 0.3) is 11.5 Å². The summed E-state index contributed by atoms with van der Waals surface area (Å²) in [7, 11) is 3.70. The first-order valence-corrected chi connectivity index (χ1v) is 12.9. The molecule has 5 rings (SSSR count). The molecule has 186 valence electrons. The van der Waals surface area contributed by atoms with Crippen LogP contribution in [0.15, 0.2) is 52.3 Å². The molecule has 2 aromatic heterocycles. The van der Waals surface area contributed by atoms with Crippen LogP contribution in [0.4, 0.5) is 5.82 Å². The van der Waals surface area contributed by atoms with Crippen molar-refractivity contribution in [2.24, 2.45) is 0 Å². The molecule has 10 heteroatoms. The average molecular weight is 522 g/mol. The SMILES string of the molecule is COc1ccc(CN2C(=O)/C(=C\c3c(N4CCN(C)CC4)nc4c(C)cccn4c3=O)SC2=S)cc1. The Labute approximate surface area is 219 Å². The van der Waals surface area contributed by atoms with Crippen LogP contribution in [-0.4, -0.2) is 69.7 Å². The van der Waals surface area contributed by atoms with Crippen molar-refractivity contribution >= 4 is 51.7 Å². The van der Waals surface area contributed by atoms with Gasteiger partial charge in [-0.25, -0.2) is 4.98 Å². The minimum absolute atomic E-state index is 0.196. The summed E-state index contributed by atoms with van der Waals surface area (Å²) in [4.78, 5) is 38.4. The van der Waals surface area contributed by atoms with Crippen LogP contribution < -0.4 is 15.2 Å². The van der Waals surface area contributed by atoms with Gasteiger partial charge in [0.1, 0.15) is 21.5 Å². The molecule has 8 nitrogen and oxygen atoms in total. The van der Waals surface area contributed by atoms with Crippen molar-refractivity contribution in [2.45, 2.75) is 13.5 Å². The zero-order chi connectivity index (χ0) is 25.4. The molecule has 4 heterocycles. The third-order valence-corrected chi connectivity index (χ3v) is 7.89. The minimum atomic E-state index is -0.209. The first kappa shape index (κ1) is 24.5. The molecule has 1 amide bonds. The van der Waals surface area contributed by atoms with Crippen molar-refractivity contribution in [3.8, 4) is 5.75 Å². The number of nitrogens with zero attached hydrogens (tertiary/aromatic N) is 5. The maximum atomic E-state index is 13.7. The number of hydrogen-bond donors (Lipinski definition) is 0. The fourth-order valence-electron chi connectivity index (χ4n) is 4.37. The van der Waals surface area contributed by atoms with Crippen LogP contribution in [0.3, 0.4) is 0 Å². The number of thiocarbonyl (C=S) groups is 1. The lowest BCUT2D eigenvalue weighted by molar-refractivity contribution is -0.122. The fraction of sp³-hybridized carbons (Fsp3) is 0.308. The van der Waals surface area contributed by atoms with E-state index in [-0.39, 0.29) is 11.5 Å². The van der Waals surface area contributed by atoms with Crippen LogP contribution in [0.1, 0.15) is 16.7 Å². The van der Waals surface area contributed by atoms with Crippen molar-refractivity contribution in [1.82, 2.24) is 19.2 Å². The van der Waals surface area contributed by atoms with E-state index in [0.717, 1.165) is 43.1 Å². The number of methoxy groups -OCH3 is 1. The summed E-state index contributed by atoms with van der Waals surface area (Å²) < 4.78 is 7.24. The molecule has 2 aliphatic rings. The molecule has 0 aliphatic carbocycles. The third-order valence-electron chi connectivity index (χ3n) is 6.52. The molecule has 0 atom stereocenters. The fourth-order valence-corrected chi connectivity index (χ4v) is 5.60. The largest absolute Gasteiger partial charge is 0.497 e. The Balaban J connectivity index is 1.53. The Hall–Kier alpha value is -3.21. The van der Waals surface area contributed by atoms with Crippen molar-refractivity contribution in [3.05, 3.63) is 74.5 Å². The van der Waals surface area contributed by atoms with Crippen LogP contribution >= 0.6 is 24.0 Å². The second kappa shape index (κ2) is 10.0. The number of aryl methyl sites for hydroxylation is 1. The summed E-state index contributed by atoms with van der Waals surface area (Å²) in [6, 6.07) is 11.3. The number of fused-ring (bicyclic) bond motifs is 1. The summed E-state index contributed by atoms with van der Waals surface area (Å²) >= 11 is 6.76. The van der Waals surface area contributed by atoms with Crippen LogP contribution in [-0.2, 0) is 11.3 Å². The van der Waals surface area contributed by atoms with E-state index >= 15 is 0 Å². The molecule has 0 spiro atoms. The molecule has 2 aliphatic heterocycles. The molecule has 0 saturated carbocycles. The first-order valence-electron chi connectivity index (χ1n) is 11.7. The number of pyridine rings is 1. The smallest absolute Gasteiger partial charge is 0.267 e. The molecule has 0 N–H and O–H groups in total. The van der Waals surface area contributed by atoms with Crippen LogP contribution in [0.2, 0.25) is 0 Å². The monoisotopic (exact) mass is 521 g/mol. The maximum Gasteiger partial charge on any atom is 0.267 e. The Morgan fingerprint density at radius 1 is 1.11 bits per heavy atom. The van der Waals surface area contributed by atoms with Gasteiger partial charge in [-0.1, -0.05) is 42.2 Å². The Morgan fingerprint density at radius 3 is 2.53 bits per heavy atom. The Morgan fingerprint density at radius 2 is 1.83 bits per heavy atom. The van der Waals surface area contributed by atoms with E-state index in [4.69, 9.17) is 21.9 Å². The average Bonchev–Trinajstić information content (AvgIpc) is 3.14. The minimum Gasteiger partial charge on any atom is -0.497 e. The highest BCUT2D eigenvalue weighted by molar-refractivity contribution is 8.26. The first-order chi connectivity index (χ1) is 17.4. The van der Waals surface area contributed by atoms with E-state index < -0.39 is 0 Å². The van der Waals surface area contributed by atoms with Crippen LogP contribution in [0, 0.1) is 6.92 Å². The number of likely N-dealkylation sites (N-methyl/N-ethyl adjacent to an activating group) is 1. The Kier molecular flexibility index (Phi) is 6.83. The molecule has 0 radical (unpaired) electrons. The van der Waals surface area contributed by atoms with E-state index in [1.807, 2.05) is 43.3 Å². The van der Waals surface area contributed by atoms with Gasteiger partial charge < -0.3 is 14.5 Å². The number of benzene rings is 1. The van der Waals surface area contributed by atoms with E-state index in [1.54, 1.807) is 28.7 Å². The number of piperazine rings is 1. The molecule has 2 fully saturated rings. The quantitative estimate of drug-likeness (QED) is 0.375. The second-order valence-corrected chi connectivity index (χ2v) is 10.6. The maximum absolute atomic E-state index is 13.7. The topological polar surface area (TPSA) is 70.4 Å². The standard InChI is InChI=1S/C26H27N5O3S2/c1-17-5-4-10-30-22(17)27-23(29-13-11-28(2)12-14-29)20(24(30)32)15-21-25(33)31(26(35)36-21)16-18-6-8-19(34-3)9-7-18/h4-10,15H,11-14,16H2,1-3H3/b21-15+. The molecule has 36 heavy (non-hydrogen) atoms. The van der Waals surface area contributed by atoms with Crippen LogP contribution in [0.5, 0.6) is 5.75 Å². The van der Waals surface area contributed by atoms with E-state index in [9.17, 15) is 9.59 Å². The van der Waals surface area contributed by atoms with Crippen molar-refractivity contribution in [1.29, 1.82) is 0 Å². The van der Waals surface area contributed by atoms with E-state index in [1.165, 1.54) is 11.8 Å². The Bertz CT molecular complexity index is 1430. The second-order valence-electron chi connectivity index (χ2n) is 8.95. The van der Waals surface area contributed by atoms with Gasteiger partial charge in [-0.15, -0.1) is 0 Å². The van der Waals surface area contributed by atoms with Gasteiger partial charge in [-0.2, -0.15) is 0 Å². The van der Waals surface area contributed by atoms with Crippen molar-refractivity contribution in [2.75, 3.05) is 45.2 Å². The normalized spacial score (nSPS) is 18.0. The van der Waals surface area contributed by atoms with Crippen molar-refractivity contribution < 1.29 is 9.53 Å². The molecule has 3 aromatic rings. The van der Waals surface area contributed by atoms with Gasteiger partial charge in [0, 0.05) is 32.4 Å². The number of hydrogen-bond acceptors (Lipinski definition) is 8. The number of aromatic nitrogens is 2. The number of rotatable bonds is 5. The predicted octanol–water partition coefficient (Wildman–Crippen LogP) is 3.16. The van der Waals surface area contributed by atoms with Gasteiger partial charge in [-0.05, 0) is 49.4 Å². The molecule has 1 aromatic carbocycles. The van der Waals surface area contributed by atoms with Crippen LogP contribution in [0.25, 0.3) is 11.7 Å². The predicted molar refractivity (Wildman–Crippen MR) is 148 cm³/mol. The number of carbonyl (C=O) groups is 1. The van der Waals surface area contributed by atoms with Gasteiger partial charge in [-0.3, -0.25) is 18.9 Å². The molecular weight excluding hydrogens is 494 g/mol. The zero-order valence-corrected chi connectivity index (χ0v) is 22.1. The summed E-state index contributed by atoms with van der Waals surface area (Å²) in [5.74, 6) is 1.15. The lowest BCUT2D eigenvalue weighted by atomic mass is 10.2. The van der Waals surface area contributed by atoms with E-state index in [0.29, 0.717) is 32.8 Å². The van der Waals surface area contributed by atoms with Crippen molar-refractivity contribution in [3.63, 3.8) is 0 Å². The molecular formula is C26H27N5O3S2. The summed E-state index contributed by atoms with van der Waals surface area (Å²) in [6.07, 6.45) is 3.39. The lowest BCUT2D eigenvalue weighted by Crippen LogP contribution is -2.45. The highest BCUT2D eigenvalue weighted by Crippen LogP contribution is 2.35. The number of amides is 1. The van der Waals surface area contributed by atoms with Gasteiger partial charge in [0.05, 0.1) is 24.1 Å². The van der Waals surface area contributed by atoms with Gasteiger partial charge in [0.15, 0.2) is 0 Å². The summed E-state index contributed by atoms with van der Waals surface area (Å²) in [5, 5.41) is 0. The third kappa shape index (κ3) is 4.63. The number of carbonyl (C=O) groups excluding carboxylic acids is 1. The number of thioether (sulfide) groups is 1. The van der Waals surface area contributed by atoms with Gasteiger partial charge >= 0.3 is 0 Å². The van der Waals surface area contributed by atoms with Gasteiger partial charge in [0.2, 0.25) is 0 Å². The number of ether oxygens (including phenoxy) is 1. The molecule has 2 saturated heterocycles. The highest BCUT2D eigenvalue weighted by Gasteiger charge is 2.33. The van der Waals surface area contributed by atoms with E-state index in [2.05, 4.69) is 16.8 Å². The number of anilines is 1. The summed E-state index contributed by atoms with van der Waals surface area (Å²) in [5.41, 5.74) is 2.70. The molecule has 0 bridgehead atoms. The highest BCUT2D eigenvalue weighted by atomic mass is 32.2. The lowest BCUT2D eigenvalue weighted by Gasteiger charge is -2.34. The molecule has 0 unspecified atom stereocenters. The zero-order valence-electron chi connectivity index (χ0n) is 20.4.